The minimum absolute atomic E-state index is 0.715. The predicted octanol–water partition coefficient (Wildman–Crippen LogP) is 3.26. The Morgan fingerprint density at radius 1 is 1.37 bits per heavy atom. The predicted molar refractivity (Wildman–Crippen MR) is 79.8 cm³/mol. The van der Waals surface area contributed by atoms with Crippen LogP contribution in [-0.2, 0) is 13.0 Å². The van der Waals surface area contributed by atoms with Crippen LogP contribution in [0.3, 0.4) is 0 Å². The minimum Gasteiger partial charge on any atom is -0.493 e. The highest BCUT2D eigenvalue weighted by molar-refractivity contribution is 7.09. The normalized spacial score (nSPS) is 10.6. The van der Waals surface area contributed by atoms with Gasteiger partial charge in [-0.2, -0.15) is 0 Å². The summed E-state index contributed by atoms with van der Waals surface area (Å²) >= 11 is 1.77. The fourth-order valence-electron chi connectivity index (χ4n) is 1.76. The largest absolute Gasteiger partial charge is 0.493 e. The number of hydrogen-bond donors (Lipinski definition) is 1. The maximum atomic E-state index is 5.77. The van der Waals surface area contributed by atoms with Gasteiger partial charge in [0.2, 0.25) is 0 Å². The molecule has 102 valence electrons. The molecule has 0 saturated carbocycles. The fraction of sp³-hybridized carbons (Fsp3) is 0.400. The Morgan fingerprint density at radius 3 is 3.11 bits per heavy atom. The highest BCUT2D eigenvalue weighted by Crippen LogP contribution is 2.13. The van der Waals surface area contributed by atoms with E-state index in [9.17, 15) is 0 Å². The van der Waals surface area contributed by atoms with Crippen LogP contribution in [0.25, 0.3) is 0 Å². The molecule has 0 aliphatic carbocycles. The van der Waals surface area contributed by atoms with Gasteiger partial charge in [0.25, 0.3) is 0 Å². The fourth-order valence-corrected chi connectivity index (χ4v) is 2.45. The van der Waals surface area contributed by atoms with Gasteiger partial charge >= 0.3 is 0 Å². The average molecular weight is 276 g/mol. The molecule has 2 aromatic heterocycles. The molecule has 2 aromatic rings. The van der Waals surface area contributed by atoms with Crippen LogP contribution in [0.15, 0.2) is 35.8 Å². The van der Waals surface area contributed by atoms with E-state index in [1.807, 2.05) is 18.3 Å². The molecule has 0 atom stereocenters. The van der Waals surface area contributed by atoms with E-state index in [1.54, 1.807) is 11.3 Å². The molecule has 1 N–H and O–H groups in total. The number of rotatable bonds is 8. The maximum Gasteiger partial charge on any atom is 0.122 e. The van der Waals surface area contributed by atoms with Crippen LogP contribution in [0.5, 0.6) is 5.75 Å². The number of nitrogens with one attached hydrogen (secondary N) is 1. The van der Waals surface area contributed by atoms with Crippen molar-refractivity contribution in [2.75, 3.05) is 13.2 Å². The third-order valence-corrected chi connectivity index (χ3v) is 3.65. The number of aromatic nitrogens is 1. The van der Waals surface area contributed by atoms with Gasteiger partial charge in [-0.15, -0.1) is 11.3 Å². The topological polar surface area (TPSA) is 34.1 Å². The maximum absolute atomic E-state index is 5.77. The molecule has 2 rings (SSSR count). The zero-order chi connectivity index (χ0) is 13.3. The van der Waals surface area contributed by atoms with E-state index < -0.39 is 0 Å². The van der Waals surface area contributed by atoms with Crippen LogP contribution in [-0.4, -0.2) is 18.1 Å². The number of ether oxygens (including phenoxy) is 1. The number of hydrogen-bond acceptors (Lipinski definition) is 4. The van der Waals surface area contributed by atoms with Gasteiger partial charge in [-0.05, 0) is 30.5 Å². The van der Waals surface area contributed by atoms with Gasteiger partial charge < -0.3 is 10.1 Å². The van der Waals surface area contributed by atoms with Crippen molar-refractivity contribution in [2.24, 2.45) is 0 Å². The summed E-state index contributed by atoms with van der Waals surface area (Å²) in [6, 6.07) is 8.14. The molecule has 0 aliphatic rings. The summed E-state index contributed by atoms with van der Waals surface area (Å²) in [6.45, 7) is 4.69. The van der Waals surface area contributed by atoms with Crippen LogP contribution >= 0.6 is 11.3 Å². The quantitative estimate of drug-likeness (QED) is 0.751. The number of nitrogens with zero attached hydrogens (tertiary/aromatic N) is 1. The molecule has 0 radical (unpaired) electrons. The molecule has 19 heavy (non-hydrogen) atoms. The first-order valence-corrected chi connectivity index (χ1v) is 7.57. The third-order valence-electron chi connectivity index (χ3n) is 2.72. The van der Waals surface area contributed by atoms with Gasteiger partial charge in [-0.3, -0.25) is 4.98 Å². The van der Waals surface area contributed by atoms with E-state index in [1.165, 1.54) is 4.88 Å². The monoisotopic (exact) mass is 276 g/mol. The van der Waals surface area contributed by atoms with Gasteiger partial charge in [0.15, 0.2) is 0 Å². The molecule has 0 fully saturated rings. The first-order chi connectivity index (χ1) is 9.38. The lowest BCUT2D eigenvalue weighted by atomic mass is 10.3. The summed E-state index contributed by atoms with van der Waals surface area (Å²) in [6.07, 6.45) is 3.91. The van der Waals surface area contributed by atoms with Crippen molar-refractivity contribution in [3.05, 3.63) is 46.4 Å². The van der Waals surface area contributed by atoms with Crippen LogP contribution in [0, 0.1) is 0 Å². The van der Waals surface area contributed by atoms with Crippen molar-refractivity contribution in [1.82, 2.24) is 10.3 Å². The number of pyridine rings is 1. The molecule has 2 heterocycles. The third kappa shape index (κ3) is 5.01. The van der Waals surface area contributed by atoms with Gasteiger partial charge in [-0.25, -0.2) is 0 Å². The SMILES string of the molecule is CCCNCc1cc(OCCc2cccs2)ccn1. The zero-order valence-electron chi connectivity index (χ0n) is 11.3. The Hall–Kier alpha value is -1.39. The van der Waals surface area contributed by atoms with E-state index in [0.717, 1.165) is 37.4 Å². The Labute approximate surface area is 118 Å². The first kappa shape index (κ1) is 14.0. The van der Waals surface area contributed by atoms with E-state index in [0.29, 0.717) is 6.61 Å². The Balaban J connectivity index is 1.78. The van der Waals surface area contributed by atoms with E-state index >= 15 is 0 Å². The van der Waals surface area contributed by atoms with Gasteiger partial charge in [-0.1, -0.05) is 13.0 Å². The molecule has 0 unspecified atom stereocenters. The molecule has 0 amide bonds. The second-order valence-corrected chi connectivity index (χ2v) is 5.37. The minimum atomic E-state index is 0.715. The average Bonchev–Trinajstić information content (AvgIpc) is 2.93. The molecule has 0 spiro atoms. The standard InChI is InChI=1S/C15H20N2OS/c1-2-7-16-12-13-11-14(5-8-17-13)18-9-6-15-4-3-10-19-15/h3-5,8,10-11,16H,2,6-7,9,12H2,1H3. The molecule has 0 aliphatic heterocycles. The van der Waals surface area contributed by atoms with Gasteiger partial charge in [0.1, 0.15) is 5.75 Å². The molecule has 3 nitrogen and oxygen atoms in total. The second-order valence-electron chi connectivity index (χ2n) is 4.34. The van der Waals surface area contributed by atoms with Crippen molar-refractivity contribution in [2.45, 2.75) is 26.3 Å². The molecule has 4 heteroatoms. The smallest absolute Gasteiger partial charge is 0.122 e. The second kappa shape index (κ2) is 7.92. The van der Waals surface area contributed by atoms with Crippen molar-refractivity contribution in [3.63, 3.8) is 0 Å². The lowest BCUT2D eigenvalue weighted by molar-refractivity contribution is 0.322. The summed E-state index contributed by atoms with van der Waals surface area (Å²) < 4.78 is 5.77. The first-order valence-electron chi connectivity index (χ1n) is 6.69. The molecule has 0 aromatic carbocycles. The van der Waals surface area contributed by atoms with E-state index in [-0.39, 0.29) is 0 Å². The molecular weight excluding hydrogens is 256 g/mol. The lowest BCUT2D eigenvalue weighted by Gasteiger charge is -2.07. The lowest BCUT2D eigenvalue weighted by Crippen LogP contribution is -2.14. The van der Waals surface area contributed by atoms with Crippen molar-refractivity contribution < 1.29 is 4.74 Å². The highest BCUT2D eigenvalue weighted by atomic mass is 32.1. The molecular formula is C15H20N2OS. The van der Waals surface area contributed by atoms with Crippen LogP contribution in [0.1, 0.15) is 23.9 Å². The summed E-state index contributed by atoms with van der Waals surface area (Å²) in [7, 11) is 0. The van der Waals surface area contributed by atoms with Gasteiger partial charge in [0.05, 0.1) is 12.3 Å². The Morgan fingerprint density at radius 2 is 2.32 bits per heavy atom. The Kier molecular flexibility index (Phi) is 5.85. The van der Waals surface area contributed by atoms with E-state index in [2.05, 4.69) is 34.7 Å². The Bertz CT molecular complexity index is 471. The van der Waals surface area contributed by atoms with Crippen LogP contribution in [0.4, 0.5) is 0 Å². The van der Waals surface area contributed by atoms with E-state index in [4.69, 9.17) is 4.74 Å². The summed E-state index contributed by atoms with van der Waals surface area (Å²) in [5.41, 5.74) is 1.03. The van der Waals surface area contributed by atoms with Crippen LogP contribution < -0.4 is 10.1 Å². The molecule has 0 saturated heterocycles. The van der Waals surface area contributed by atoms with Crippen molar-refractivity contribution in [1.29, 1.82) is 0 Å². The van der Waals surface area contributed by atoms with Crippen molar-refractivity contribution in [3.8, 4) is 5.75 Å². The number of thiophene rings is 1. The summed E-state index contributed by atoms with van der Waals surface area (Å²) in [4.78, 5) is 5.69. The summed E-state index contributed by atoms with van der Waals surface area (Å²) in [5, 5.41) is 5.44. The van der Waals surface area contributed by atoms with Crippen molar-refractivity contribution >= 4 is 11.3 Å². The summed E-state index contributed by atoms with van der Waals surface area (Å²) in [5.74, 6) is 0.903. The highest BCUT2D eigenvalue weighted by Gasteiger charge is 1.99. The van der Waals surface area contributed by atoms with Crippen LogP contribution in [0.2, 0.25) is 0 Å². The van der Waals surface area contributed by atoms with Gasteiger partial charge in [0, 0.05) is 30.1 Å². The molecule has 0 bridgehead atoms. The zero-order valence-corrected chi connectivity index (χ0v) is 12.1.